The molecule has 1 N–H and O–H groups in total. The molecule has 1 heterocycles. The molecule has 0 aliphatic heterocycles. The summed E-state index contributed by atoms with van der Waals surface area (Å²) >= 11 is 6.29. The molecule has 3 aromatic rings. The van der Waals surface area contributed by atoms with E-state index in [4.69, 9.17) is 11.6 Å². The van der Waals surface area contributed by atoms with Crippen LogP contribution in [-0.4, -0.2) is 15.9 Å². The van der Waals surface area contributed by atoms with Crippen molar-refractivity contribution < 1.29 is 4.79 Å². The van der Waals surface area contributed by atoms with Crippen LogP contribution in [0.5, 0.6) is 0 Å². The topological polar surface area (TPSA) is 54.9 Å². The van der Waals surface area contributed by atoms with Crippen molar-refractivity contribution in [1.29, 1.82) is 0 Å². The van der Waals surface area contributed by atoms with Crippen LogP contribution in [0.15, 0.2) is 42.6 Å². The summed E-state index contributed by atoms with van der Waals surface area (Å²) in [6, 6.07) is 11.3. The van der Waals surface area contributed by atoms with E-state index >= 15 is 0 Å². The zero-order chi connectivity index (χ0) is 17.1. The molecule has 0 aliphatic carbocycles. The number of para-hydroxylation sites is 2. The summed E-state index contributed by atoms with van der Waals surface area (Å²) in [6.07, 6.45) is 3.05. The minimum Gasteiger partial charge on any atom is -0.320 e. The Morgan fingerprint density at radius 1 is 1.08 bits per heavy atom. The number of carbonyl (C=O) groups is 1. The van der Waals surface area contributed by atoms with E-state index < -0.39 is 0 Å². The fourth-order valence-corrected chi connectivity index (χ4v) is 3.00. The van der Waals surface area contributed by atoms with Crippen LogP contribution >= 0.6 is 11.6 Å². The van der Waals surface area contributed by atoms with Gasteiger partial charge in [0.05, 0.1) is 17.2 Å². The molecular formula is C19H18ClN3O. The van der Waals surface area contributed by atoms with Crippen molar-refractivity contribution in [3.05, 3.63) is 64.4 Å². The van der Waals surface area contributed by atoms with Crippen molar-refractivity contribution in [2.45, 2.75) is 26.7 Å². The second-order valence-electron chi connectivity index (χ2n) is 5.47. The standard InChI is InChI=1S/C19H18ClN3O/c1-3-12-9-10-14(20)13(4-2)18(12)23-19(24)17-11-21-15-7-5-6-8-16(15)22-17/h5-11H,3-4H2,1-2H3,(H,23,24). The molecule has 0 spiro atoms. The van der Waals surface area contributed by atoms with E-state index in [9.17, 15) is 4.79 Å². The first-order chi connectivity index (χ1) is 11.6. The third-order valence-electron chi connectivity index (χ3n) is 4.00. The van der Waals surface area contributed by atoms with Gasteiger partial charge in [0.25, 0.3) is 5.91 Å². The van der Waals surface area contributed by atoms with Crippen LogP contribution in [0, 0.1) is 0 Å². The van der Waals surface area contributed by atoms with E-state index in [1.807, 2.05) is 50.2 Å². The highest BCUT2D eigenvalue weighted by Crippen LogP contribution is 2.29. The van der Waals surface area contributed by atoms with E-state index in [1.165, 1.54) is 6.20 Å². The van der Waals surface area contributed by atoms with Gasteiger partial charge in [0, 0.05) is 10.7 Å². The quantitative estimate of drug-likeness (QED) is 0.752. The van der Waals surface area contributed by atoms with Gasteiger partial charge in [-0.15, -0.1) is 0 Å². The van der Waals surface area contributed by atoms with Gasteiger partial charge in [-0.3, -0.25) is 9.78 Å². The molecular weight excluding hydrogens is 322 g/mol. The van der Waals surface area contributed by atoms with Crippen molar-refractivity contribution in [3.63, 3.8) is 0 Å². The molecule has 0 bridgehead atoms. The lowest BCUT2D eigenvalue weighted by Gasteiger charge is -2.15. The molecule has 5 heteroatoms. The van der Waals surface area contributed by atoms with Crippen molar-refractivity contribution in [2.75, 3.05) is 5.32 Å². The molecule has 0 unspecified atom stereocenters. The number of amides is 1. The molecule has 0 radical (unpaired) electrons. The number of benzene rings is 2. The average molecular weight is 340 g/mol. The van der Waals surface area contributed by atoms with Crippen LogP contribution in [0.25, 0.3) is 11.0 Å². The van der Waals surface area contributed by atoms with Gasteiger partial charge in [-0.25, -0.2) is 4.98 Å². The summed E-state index contributed by atoms with van der Waals surface area (Å²) in [5, 5.41) is 3.64. The summed E-state index contributed by atoms with van der Waals surface area (Å²) in [7, 11) is 0. The van der Waals surface area contributed by atoms with Gasteiger partial charge in [-0.2, -0.15) is 0 Å². The second-order valence-corrected chi connectivity index (χ2v) is 5.87. The monoisotopic (exact) mass is 339 g/mol. The number of nitrogens with one attached hydrogen (secondary N) is 1. The number of hydrogen-bond donors (Lipinski definition) is 1. The third kappa shape index (κ3) is 3.10. The predicted molar refractivity (Wildman–Crippen MR) is 97.7 cm³/mol. The molecule has 0 saturated carbocycles. The Bertz CT molecular complexity index is 908. The largest absolute Gasteiger partial charge is 0.320 e. The van der Waals surface area contributed by atoms with E-state index in [-0.39, 0.29) is 11.6 Å². The maximum absolute atomic E-state index is 12.6. The first-order valence-corrected chi connectivity index (χ1v) is 8.35. The Hall–Kier alpha value is -2.46. The number of anilines is 1. The zero-order valence-electron chi connectivity index (χ0n) is 13.6. The molecule has 24 heavy (non-hydrogen) atoms. The molecule has 0 atom stereocenters. The Morgan fingerprint density at radius 2 is 1.83 bits per heavy atom. The number of rotatable bonds is 4. The first-order valence-electron chi connectivity index (χ1n) is 7.97. The molecule has 0 fully saturated rings. The third-order valence-corrected chi connectivity index (χ3v) is 4.35. The molecule has 2 aromatic carbocycles. The average Bonchev–Trinajstić information content (AvgIpc) is 2.61. The number of carbonyl (C=O) groups excluding carboxylic acids is 1. The molecule has 0 saturated heterocycles. The fraction of sp³-hybridized carbons (Fsp3) is 0.211. The minimum absolute atomic E-state index is 0.278. The maximum Gasteiger partial charge on any atom is 0.275 e. The van der Waals surface area contributed by atoms with Crippen molar-refractivity contribution in [3.8, 4) is 0 Å². The number of nitrogens with zero attached hydrogens (tertiary/aromatic N) is 2. The van der Waals surface area contributed by atoms with E-state index in [0.29, 0.717) is 10.5 Å². The smallest absolute Gasteiger partial charge is 0.275 e. The van der Waals surface area contributed by atoms with Crippen LogP contribution in [-0.2, 0) is 12.8 Å². The number of fused-ring (bicyclic) bond motifs is 1. The van der Waals surface area contributed by atoms with Gasteiger partial charge in [0.2, 0.25) is 0 Å². The van der Waals surface area contributed by atoms with Crippen molar-refractivity contribution in [2.24, 2.45) is 0 Å². The van der Waals surface area contributed by atoms with Gasteiger partial charge in [-0.1, -0.05) is 43.6 Å². The SMILES string of the molecule is CCc1ccc(Cl)c(CC)c1NC(=O)c1cnc2ccccc2n1. The van der Waals surface area contributed by atoms with Crippen LogP contribution in [0.3, 0.4) is 0 Å². The Morgan fingerprint density at radius 3 is 2.54 bits per heavy atom. The van der Waals surface area contributed by atoms with Crippen LogP contribution in [0.4, 0.5) is 5.69 Å². The summed E-state index contributed by atoms with van der Waals surface area (Å²) in [5.41, 5.74) is 4.53. The highest BCUT2D eigenvalue weighted by molar-refractivity contribution is 6.32. The van der Waals surface area contributed by atoms with Gasteiger partial charge in [0.15, 0.2) is 0 Å². The lowest BCUT2D eigenvalue weighted by atomic mass is 10.0. The Balaban J connectivity index is 1.98. The van der Waals surface area contributed by atoms with Crippen LogP contribution in [0.1, 0.15) is 35.5 Å². The highest BCUT2D eigenvalue weighted by Gasteiger charge is 2.15. The van der Waals surface area contributed by atoms with Crippen LogP contribution < -0.4 is 5.32 Å². The fourth-order valence-electron chi connectivity index (χ4n) is 2.71. The molecule has 122 valence electrons. The Kier molecular flexibility index (Phi) is 4.76. The van der Waals surface area contributed by atoms with E-state index in [0.717, 1.165) is 35.2 Å². The summed E-state index contributed by atoms with van der Waals surface area (Å²) in [6.45, 7) is 4.07. The molecule has 4 nitrogen and oxygen atoms in total. The van der Waals surface area contributed by atoms with E-state index in [1.54, 1.807) is 0 Å². The minimum atomic E-state index is -0.278. The molecule has 3 rings (SSSR count). The van der Waals surface area contributed by atoms with Crippen molar-refractivity contribution >= 4 is 34.2 Å². The number of aryl methyl sites for hydroxylation is 1. The lowest BCUT2D eigenvalue weighted by Crippen LogP contribution is -2.17. The summed E-state index contributed by atoms with van der Waals surface area (Å²) in [4.78, 5) is 21.3. The predicted octanol–water partition coefficient (Wildman–Crippen LogP) is 4.66. The van der Waals surface area contributed by atoms with E-state index in [2.05, 4.69) is 15.3 Å². The summed E-state index contributed by atoms with van der Waals surface area (Å²) < 4.78 is 0. The maximum atomic E-state index is 12.6. The molecule has 0 aliphatic rings. The zero-order valence-corrected chi connectivity index (χ0v) is 14.4. The van der Waals surface area contributed by atoms with Crippen LogP contribution in [0.2, 0.25) is 5.02 Å². The second kappa shape index (κ2) is 6.97. The van der Waals surface area contributed by atoms with Gasteiger partial charge in [0.1, 0.15) is 5.69 Å². The van der Waals surface area contributed by atoms with Gasteiger partial charge >= 0.3 is 0 Å². The Labute approximate surface area is 145 Å². The normalized spacial score (nSPS) is 10.8. The highest BCUT2D eigenvalue weighted by atomic mass is 35.5. The van der Waals surface area contributed by atoms with Gasteiger partial charge < -0.3 is 5.32 Å². The summed E-state index contributed by atoms with van der Waals surface area (Å²) in [5.74, 6) is -0.278. The first kappa shape index (κ1) is 16.4. The van der Waals surface area contributed by atoms with Crippen molar-refractivity contribution in [1.82, 2.24) is 9.97 Å². The lowest BCUT2D eigenvalue weighted by molar-refractivity contribution is 0.102. The molecule has 1 aromatic heterocycles. The number of aromatic nitrogens is 2. The number of halogens is 1. The van der Waals surface area contributed by atoms with Gasteiger partial charge in [-0.05, 0) is 42.2 Å². The molecule has 1 amide bonds. The number of hydrogen-bond acceptors (Lipinski definition) is 3.